The van der Waals surface area contributed by atoms with E-state index in [-0.39, 0.29) is 50.5 Å². The second kappa shape index (κ2) is 12.3. The number of benzene rings is 2. The van der Waals surface area contributed by atoms with Crippen molar-refractivity contribution in [1.29, 1.82) is 0 Å². The Balaban J connectivity index is 1.45. The molecular formula is C28H31F3N4O7S. The predicted octanol–water partition coefficient (Wildman–Crippen LogP) is 3.48. The van der Waals surface area contributed by atoms with Gasteiger partial charge in [0.1, 0.15) is 23.7 Å². The van der Waals surface area contributed by atoms with Crippen molar-refractivity contribution in [2.45, 2.75) is 38.6 Å². The molecule has 2 aromatic carbocycles. The van der Waals surface area contributed by atoms with Crippen LogP contribution in [-0.2, 0) is 19.6 Å². The lowest BCUT2D eigenvalue weighted by Gasteiger charge is -2.34. The van der Waals surface area contributed by atoms with Crippen molar-refractivity contribution in [1.82, 2.24) is 9.62 Å². The fourth-order valence-electron chi connectivity index (χ4n) is 4.93. The zero-order valence-electron chi connectivity index (χ0n) is 23.6. The minimum atomic E-state index is -4.87. The summed E-state index contributed by atoms with van der Waals surface area (Å²) in [5.74, 6) is -0.812. The van der Waals surface area contributed by atoms with Gasteiger partial charge in [-0.25, -0.2) is 13.2 Å². The molecule has 0 radical (unpaired) electrons. The number of nitrogens with zero attached hydrogens (tertiary/aromatic N) is 3. The van der Waals surface area contributed by atoms with Crippen LogP contribution in [0.3, 0.4) is 0 Å². The Morgan fingerprint density at radius 1 is 1.19 bits per heavy atom. The van der Waals surface area contributed by atoms with Gasteiger partial charge >= 0.3 is 12.5 Å². The first-order chi connectivity index (χ1) is 20.1. The Morgan fingerprint density at radius 2 is 1.84 bits per heavy atom. The highest BCUT2D eigenvalue weighted by atomic mass is 32.2. The summed E-state index contributed by atoms with van der Waals surface area (Å²) in [7, 11) is -2.35. The number of sulfonamides is 1. The number of nitrogens with one attached hydrogen (secondary N) is 1. The van der Waals surface area contributed by atoms with E-state index in [0.717, 1.165) is 28.7 Å². The molecule has 0 bridgehead atoms. The number of aryl methyl sites for hydroxylation is 2. The van der Waals surface area contributed by atoms with Crippen molar-refractivity contribution >= 4 is 39.6 Å². The molecule has 2 heterocycles. The van der Waals surface area contributed by atoms with E-state index in [1.807, 2.05) is 0 Å². The van der Waals surface area contributed by atoms with Gasteiger partial charge in [0, 0.05) is 36.8 Å². The summed E-state index contributed by atoms with van der Waals surface area (Å²) < 4.78 is 74.3. The van der Waals surface area contributed by atoms with Gasteiger partial charge in [-0.15, -0.1) is 13.2 Å². The van der Waals surface area contributed by atoms with E-state index < -0.39 is 39.7 Å². The molecule has 1 spiro atoms. The van der Waals surface area contributed by atoms with E-state index in [1.165, 1.54) is 34.5 Å². The van der Waals surface area contributed by atoms with Crippen molar-refractivity contribution in [3.05, 3.63) is 64.1 Å². The molecule has 15 heteroatoms. The molecule has 0 unspecified atom stereocenters. The van der Waals surface area contributed by atoms with Crippen LogP contribution in [0.2, 0.25) is 0 Å². The molecule has 2 amide bonds. The van der Waals surface area contributed by atoms with E-state index >= 15 is 0 Å². The first-order valence-corrected chi connectivity index (χ1v) is 14.7. The molecule has 2 aromatic rings. The number of carbonyl (C=O) groups is 2. The normalized spacial score (nSPS) is 17.2. The molecule has 43 heavy (non-hydrogen) atoms. The Bertz CT molecular complexity index is 1540. The molecule has 1 saturated heterocycles. The Morgan fingerprint density at radius 3 is 2.44 bits per heavy atom. The van der Waals surface area contributed by atoms with E-state index in [9.17, 15) is 31.2 Å². The molecule has 2 aliphatic heterocycles. The molecule has 4 rings (SSSR count). The summed E-state index contributed by atoms with van der Waals surface area (Å²) in [5.41, 5.74) is 1.62. The SMILES string of the molecule is Cc1cc(N(C)C(=O)OCCO)cc(C)c1C=CS(=O)(=O)N1CCC2(CC1)N=C(c1cccc(OC(F)(F)F)c1)NC2=O. The second-order valence-electron chi connectivity index (χ2n) is 10.2. The average Bonchev–Trinajstić information content (AvgIpc) is 3.25. The minimum absolute atomic E-state index is 0.00570. The highest BCUT2D eigenvalue weighted by Gasteiger charge is 2.47. The van der Waals surface area contributed by atoms with Crippen LogP contribution in [0.4, 0.5) is 23.7 Å². The third-order valence-corrected chi connectivity index (χ3v) is 8.76. The van der Waals surface area contributed by atoms with Gasteiger partial charge in [-0.3, -0.25) is 14.7 Å². The number of ether oxygens (including phenoxy) is 2. The van der Waals surface area contributed by atoms with Crippen molar-refractivity contribution in [2.24, 2.45) is 4.99 Å². The molecule has 2 N–H and O–H groups in total. The molecule has 232 valence electrons. The van der Waals surface area contributed by atoms with Gasteiger partial charge in [0.2, 0.25) is 10.0 Å². The third kappa shape index (κ3) is 7.35. The van der Waals surface area contributed by atoms with Crippen LogP contribution in [0.25, 0.3) is 6.08 Å². The average molecular weight is 625 g/mol. The zero-order chi connectivity index (χ0) is 31.6. The molecular weight excluding hydrogens is 593 g/mol. The second-order valence-corrected chi connectivity index (χ2v) is 12.0. The zero-order valence-corrected chi connectivity index (χ0v) is 24.5. The van der Waals surface area contributed by atoms with Crippen LogP contribution in [0, 0.1) is 13.8 Å². The van der Waals surface area contributed by atoms with Crippen LogP contribution in [0.15, 0.2) is 46.8 Å². The van der Waals surface area contributed by atoms with Crippen molar-refractivity contribution in [3.8, 4) is 5.75 Å². The van der Waals surface area contributed by atoms with Gasteiger partial charge < -0.3 is 19.9 Å². The number of halogens is 3. The monoisotopic (exact) mass is 624 g/mol. The van der Waals surface area contributed by atoms with Crippen LogP contribution in [0.5, 0.6) is 5.75 Å². The number of aliphatic hydroxyl groups excluding tert-OH is 1. The van der Waals surface area contributed by atoms with Gasteiger partial charge in [0.05, 0.1) is 6.61 Å². The number of rotatable bonds is 8. The Labute approximate surface area is 246 Å². The number of anilines is 1. The summed E-state index contributed by atoms with van der Waals surface area (Å²) in [4.78, 5) is 30.8. The fourth-order valence-corrected chi connectivity index (χ4v) is 6.10. The number of aliphatic imine (C=N–C) groups is 1. The Kier molecular flexibility index (Phi) is 9.18. The van der Waals surface area contributed by atoms with Gasteiger partial charge in [0.15, 0.2) is 0 Å². The largest absolute Gasteiger partial charge is 0.573 e. The molecule has 0 atom stereocenters. The lowest BCUT2D eigenvalue weighted by Crippen LogP contribution is -2.50. The predicted molar refractivity (Wildman–Crippen MR) is 152 cm³/mol. The lowest BCUT2D eigenvalue weighted by molar-refractivity contribution is -0.274. The van der Waals surface area contributed by atoms with E-state index in [2.05, 4.69) is 15.0 Å². The first-order valence-electron chi connectivity index (χ1n) is 13.2. The summed E-state index contributed by atoms with van der Waals surface area (Å²) >= 11 is 0. The van der Waals surface area contributed by atoms with Crippen LogP contribution in [0.1, 0.15) is 35.1 Å². The van der Waals surface area contributed by atoms with Crippen LogP contribution < -0.4 is 15.0 Å². The standard InChI is InChI=1S/C28H31F3N4O7S/c1-18-15-21(34(3)26(38)41-13-12-36)16-19(2)23(18)7-14-43(39,40)35-10-8-27(9-11-35)25(37)32-24(33-27)20-5-4-6-22(17-20)42-28(29,30)31/h4-7,14-17,36H,8-13H2,1-3H3,(H,32,33,37). The lowest BCUT2D eigenvalue weighted by atomic mass is 9.89. The summed E-state index contributed by atoms with van der Waals surface area (Å²) in [5, 5.41) is 12.6. The van der Waals surface area contributed by atoms with Crippen molar-refractivity contribution < 1.29 is 45.8 Å². The van der Waals surface area contributed by atoms with Gasteiger partial charge in [0.25, 0.3) is 5.91 Å². The van der Waals surface area contributed by atoms with Gasteiger partial charge in [-0.05, 0) is 73.7 Å². The smallest absolute Gasteiger partial charge is 0.447 e. The Hall–Kier alpha value is -3.95. The maximum atomic E-state index is 13.2. The number of hydrogen-bond donors (Lipinski definition) is 2. The first kappa shape index (κ1) is 32.0. The van der Waals surface area contributed by atoms with E-state index in [1.54, 1.807) is 26.0 Å². The molecule has 0 aromatic heterocycles. The van der Waals surface area contributed by atoms with Gasteiger partial charge in [-0.1, -0.05) is 12.1 Å². The molecule has 0 saturated carbocycles. The summed E-state index contributed by atoms with van der Waals surface area (Å²) in [6.45, 7) is 3.13. The number of carbonyl (C=O) groups excluding carboxylic acids is 2. The third-order valence-electron chi connectivity index (χ3n) is 7.19. The topological polar surface area (TPSA) is 138 Å². The molecule has 11 nitrogen and oxygen atoms in total. The van der Waals surface area contributed by atoms with Crippen LogP contribution in [-0.4, -0.2) is 80.9 Å². The fraction of sp³-hybridized carbons (Fsp3) is 0.393. The van der Waals surface area contributed by atoms with E-state index in [4.69, 9.17) is 9.84 Å². The maximum absolute atomic E-state index is 13.2. The van der Waals surface area contributed by atoms with E-state index in [0.29, 0.717) is 11.3 Å². The summed E-state index contributed by atoms with van der Waals surface area (Å²) in [6, 6.07) is 8.51. The number of amides is 2. The number of piperidine rings is 1. The molecule has 2 aliphatic rings. The highest BCUT2D eigenvalue weighted by Crippen LogP contribution is 2.33. The quantitative estimate of drug-likeness (QED) is 0.459. The molecule has 1 fully saturated rings. The van der Waals surface area contributed by atoms with Gasteiger partial charge in [-0.2, -0.15) is 4.31 Å². The van der Waals surface area contributed by atoms with Crippen molar-refractivity contribution in [3.63, 3.8) is 0 Å². The maximum Gasteiger partial charge on any atom is 0.573 e. The van der Waals surface area contributed by atoms with Crippen molar-refractivity contribution in [2.75, 3.05) is 38.3 Å². The number of aliphatic hydroxyl groups is 1. The summed E-state index contributed by atoms with van der Waals surface area (Å²) in [6.07, 6.45) is -3.87. The minimum Gasteiger partial charge on any atom is -0.447 e. The highest BCUT2D eigenvalue weighted by molar-refractivity contribution is 7.92. The number of amidine groups is 1. The molecule has 0 aliphatic carbocycles. The van der Waals surface area contributed by atoms with Crippen LogP contribution >= 0.6 is 0 Å². The number of alkyl halides is 3. The number of hydrogen-bond acceptors (Lipinski definition) is 8.